The van der Waals surface area contributed by atoms with E-state index in [1.807, 2.05) is 47.4 Å². The van der Waals surface area contributed by atoms with Crippen LogP contribution in [0.4, 0.5) is 5.69 Å². The number of carbonyl (C=O) groups excluding carboxylic acids is 1. The molecule has 5 rings (SSSR count). The van der Waals surface area contributed by atoms with Crippen LogP contribution in [0.15, 0.2) is 59.1 Å². The molecule has 2 aromatic heterocycles. The lowest BCUT2D eigenvalue weighted by Gasteiger charge is -2.16. The third-order valence-electron chi connectivity index (χ3n) is 5.35. The Hall–Kier alpha value is -3.41. The molecular weight excluding hydrogens is 352 g/mol. The Balaban J connectivity index is 1.37. The molecular formula is C22H20N4O2. The molecule has 140 valence electrons. The van der Waals surface area contributed by atoms with Crippen molar-refractivity contribution in [3.8, 4) is 11.6 Å². The molecule has 1 N–H and O–H groups in total. The molecule has 6 nitrogen and oxygen atoms in total. The van der Waals surface area contributed by atoms with Crippen molar-refractivity contribution < 1.29 is 9.32 Å². The molecule has 2 aromatic carbocycles. The molecule has 3 heterocycles. The molecule has 0 radical (unpaired) electrons. The highest BCUT2D eigenvalue weighted by Gasteiger charge is 2.34. The molecule has 28 heavy (non-hydrogen) atoms. The average Bonchev–Trinajstić information content (AvgIpc) is 3.45. The van der Waals surface area contributed by atoms with Gasteiger partial charge in [0.1, 0.15) is 5.69 Å². The fraction of sp³-hybridized carbons (Fsp3) is 0.227. The number of aryl methyl sites for hydroxylation is 1. The lowest BCUT2D eigenvalue weighted by molar-refractivity contribution is -0.117. The summed E-state index contributed by atoms with van der Waals surface area (Å²) in [7, 11) is 0. The van der Waals surface area contributed by atoms with Gasteiger partial charge in [-0.25, -0.2) is 0 Å². The zero-order valence-corrected chi connectivity index (χ0v) is 15.6. The molecule has 1 atom stereocenters. The van der Waals surface area contributed by atoms with Crippen LogP contribution in [-0.4, -0.2) is 27.6 Å². The number of benzene rings is 2. The normalized spacial score (nSPS) is 17.0. The van der Waals surface area contributed by atoms with Gasteiger partial charge >= 0.3 is 0 Å². The lowest BCUT2D eigenvalue weighted by Crippen LogP contribution is -2.24. The van der Waals surface area contributed by atoms with Crippen molar-refractivity contribution in [3.05, 3.63) is 66.0 Å². The van der Waals surface area contributed by atoms with E-state index < -0.39 is 0 Å². The summed E-state index contributed by atoms with van der Waals surface area (Å²) >= 11 is 0. The Morgan fingerprint density at radius 2 is 2.00 bits per heavy atom. The van der Waals surface area contributed by atoms with Gasteiger partial charge in [0.05, 0.1) is 0 Å². The zero-order valence-electron chi connectivity index (χ0n) is 15.6. The topological polar surface area (TPSA) is 75.0 Å². The highest BCUT2D eigenvalue weighted by molar-refractivity contribution is 5.96. The highest BCUT2D eigenvalue weighted by atomic mass is 16.5. The summed E-state index contributed by atoms with van der Waals surface area (Å²) in [5.74, 6) is 1.05. The smallest absolute Gasteiger partial charge is 0.274 e. The van der Waals surface area contributed by atoms with Crippen LogP contribution >= 0.6 is 0 Å². The first-order chi connectivity index (χ1) is 13.7. The number of nitrogens with one attached hydrogen (secondary N) is 1. The number of fused-ring (bicyclic) bond motifs is 1. The summed E-state index contributed by atoms with van der Waals surface area (Å²) in [5.41, 5.74) is 3.99. The molecule has 0 aliphatic carbocycles. The molecule has 0 saturated carbocycles. The van der Waals surface area contributed by atoms with Crippen LogP contribution in [-0.2, 0) is 11.2 Å². The third-order valence-corrected chi connectivity index (χ3v) is 5.35. The third kappa shape index (κ3) is 2.87. The Morgan fingerprint density at radius 3 is 2.79 bits per heavy atom. The van der Waals surface area contributed by atoms with Crippen LogP contribution in [0.1, 0.15) is 30.7 Å². The van der Waals surface area contributed by atoms with E-state index in [9.17, 15) is 4.79 Å². The number of nitrogens with zero attached hydrogens (tertiary/aromatic N) is 3. The monoisotopic (exact) mass is 372 g/mol. The van der Waals surface area contributed by atoms with E-state index in [-0.39, 0.29) is 11.8 Å². The molecule has 1 amide bonds. The van der Waals surface area contributed by atoms with Crippen LogP contribution in [0.5, 0.6) is 0 Å². The summed E-state index contributed by atoms with van der Waals surface area (Å²) in [6.07, 6.45) is 1.37. The van der Waals surface area contributed by atoms with E-state index in [0.29, 0.717) is 24.7 Å². The number of H-pyrrole nitrogens is 1. The number of aromatic amines is 1. The number of anilines is 1. The predicted molar refractivity (Wildman–Crippen MR) is 107 cm³/mol. The van der Waals surface area contributed by atoms with Gasteiger partial charge in [-0.15, -0.1) is 0 Å². The summed E-state index contributed by atoms with van der Waals surface area (Å²) in [4.78, 5) is 22.2. The fourth-order valence-corrected chi connectivity index (χ4v) is 3.74. The van der Waals surface area contributed by atoms with E-state index >= 15 is 0 Å². The number of carbonyl (C=O) groups is 1. The van der Waals surface area contributed by atoms with Crippen LogP contribution in [0.3, 0.4) is 0 Å². The number of para-hydroxylation sites is 1. The van der Waals surface area contributed by atoms with Gasteiger partial charge in [-0.1, -0.05) is 42.4 Å². The van der Waals surface area contributed by atoms with Crippen molar-refractivity contribution in [2.75, 3.05) is 11.4 Å². The maximum Gasteiger partial charge on any atom is 0.274 e. The van der Waals surface area contributed by atoms with Crippen molar-refractivity contribution in [3.63, 3.8) is 0 Å². The molecule has 0 spiro atoms. The molecule has 0 unspecified atom stereocenters. The quantitative estimate of drug-likeness (QED) is 0.579. The van der Waals surface area contributed by atoms with Crippen LogP contribution < -0.4 is 4.90 Å². The first-order valence-electron chi connectivity index (χ1n) is 9.52. The number of amides is 1. The minimum Gasteiger partial charge on any atom is -0.351 e. The van der Waals surface area contributed by atoms with Crippen molar-refractivity contribution in [2.45, 2.75) is 25.7 Å². The van der Waals surface area contributed by atoms with Crippen molar-refractivity contribution in [1.82, 2.24) is 15.1 Å². The largest absolute Gasteiger partial charge is 0.351 e. The minimum atomic E-state index is -0.0692. The molecule has 1 aliphatic rings. The second-order valence-electron chi connectivity index (χ2n) is 7.15. The Labute approximate surface area is 162 Å². The minimum absolute atomic E-state index is 0.0692. The van der Waals surface area contributed by atoms with Gasteiger partial charge in [-0.05, 0) is 36.2 Å². The first kappa shape index (κ1) is 16.7. The Bertz CT molecular complexity index is 1110. The van der Waals surface area contributed by atoms with Gasteiger partial charge in [-0.2, -0.15) is 4.98 Å². The fourth-order valence-electron chi connectivity index (χ4n) is 3.74. The number of hydrogen-bond acceptors (Lipinski definition) is 4. The predicted octanol–water partition coefficient (Wildman–Crippen LogP) is 4.30. The number of aromatic nitrogens is 3. The second kappa shape index (κ2) is 6.64. The van der Waals surface area contributed by atoms with Crippen molar-refractivity contribution in [2.24, 2.45) is 0 Å². The second-order valence-corrected chi connectivity index (χ2v) is 7.15. The van der Waals surface area contributed by atoms with E-state index in [1.165, 1.54) is 5.56 Å². The highest BCUT2D eigenvalue weighted by Crippen LogP contribution is 2.32. The molecule has 1 fully saturated rings. The zero-order chi connectivity index (χ0) is 19.1. The molecule has 6 heteroatoms. The summed E-state index contributed by atoms with van der Waals surface area (Å²) in [6.45, 7) is 2.68. The summed E-state index contributed by atoms with van der Waals surface area (Å²) in [6, 6.07) is 18.1. The maximum absolute atomic E-state index is 12.5. The first-order valence-corrected chi connectivity index (χ1v) is 9.52. The van der Waals surface area contributed by atoms with E-state index in [0.717, 1.165) is 28.7 Å². The van der Waals surface area contributed by atoms with Gasteiger partial charge < -0.3 is 14.4 Å². The van der Waals surface area contributed by atoms with Crippen LogP contribution in [0, 0.1) is 0 Å². The maximum atomic E-state index is 12.5. The van der Waals surface area contributed by atoms with Gasteiger partial charge in [0.15, 0.2) is 5.82 Å². The average molecular weight is 372 g/mol. The van der Waals surface area contributed by atoms with E-state index in [1.54, 1.807) is 0 Å². The lowest BCUT2D eigenvalue weighted by atomic mass is 10.1. The van der Waals surface area contributed by atoms with Crippen LogP contribution in [0.2, 0.25) is 0 Å². The van der Waals surface area contributed by atoms with Crippen molar-refractivity contribution >= 4 is 22.5 Å². The summed E-state index contributed by atoms with van der Waals surface area (Å²) < 4.78 is 5.48. The van der Waals surface area contributed by atoms with Crippen LogP contribution in [0.25, 0.3) is 22.5 Å². The van der Waals surface area contributed by atoms with Crippen molar-refractivity contribution in [1.29, 1.82) is 0 Å². The molecule has 1 aliphatic heterocycles. The standard InChI is InChI=1S/C22H20N4O2/c1-2-14-7-9-17(10-8-14)26-13-16(12-20(26)27)21-24-22(28-25-21)19-11-15-5-3-4-6-18(15)23-19/h3-11,16,23H,2,12-13H2,1H3/t16-/m1/s1. The summed E-state index contributed by atoms with van der Waals surface area (Å²) in [5, 5.41) is 5.24. The Kier molecular flexibility index (Phi) is 3.97. The van der Waals surface area contributed by atoms with Gasteiger partial charge in [0, 0.05) is 35.5 Å². The molecule has 0 bridgehead atoms. The van der Waals surface area contributed by atoms with Gasteiger partial charge in [0.25, 0.3) is 5.89 Å². The SMILES string of the molecule is CCc1ccc(N2C[C@H](c3noc(-c4cc5ccccc5[nH]4)n3)CC2=O)cc1. The Morgan fingerprint density at radius 1 is 1.18 bits per heavy atom. The molecule has 1 saturated heterocycles. The van der Waals surface area contributed by atoms with E-state index in [4.69, 9.17) is 4.52 Å². The number of hydrogen-bond donors (Lipinski definition) is 1. The number of rotatable bonds is 4. The van der Waals surface area contributed by atoms with Gasteiger partial charge in [-0.3, -0.25) is 4.79 Å². The van der Waals surface area contributed by atoms with Gasteiger partial charge in [0.2, 0.25) is 5.91 Å². The van der Waals surface area contributed by atoms with E-state index in [2.05, 4.69) is 34.2 Å². The molecule has 4 aromatic rings.